The Morgan fingerprint density at radius 1 is 1.20 bits per heavy atom. The number of nitrogens with zero attached hydrogens (tertiary/aromatic N) is 3. The predicted octanol–water partition coefficient (Wildman–Crippen LogP) is 7.07. The van der Waals surface area contributed by atoms with E-state index in [-0.39, 0.29) is 29.3 Å². The van der Waals surface area contributed by atoms with Gasteiger partial charge < -0.3 is 24.2 Å². The molecule has 0 bridgehead atoms. The number of carboxylic acids is 1. The number of hydrogen-bond donors (Lipinski definition) is 1. The van der Waals surface area contributed by atoms with Crippen molar-refractivity contribution in [1.82, 2.24) is 9.97 Å². The third-order valence-electron chi connectivity index (χ3n) is 10.4. The quantitative estimate of drug-likeness (QED) is 0.191. The van der Waals surface area contributed by atoms with Crippen molar-refractivity contribution in [3.05, 3.63) is 76.6 Å². The molecule has 1 N–H and O–H groups in total. The highest BCUT2D eigenvalue weighted by Crippen LogP contribution is 2.47. The molecule has 10 heteroatoms. The van der Waals surface area contributed by atoms with Crippen LogP contribution in [0.15, 0.2) is 60.0 Å². The molecule has 8 nitrogen and oxygen atoms in total. The number of rotatable bonds is 9. The third-order valence-corrected chi connectivity index (χ3v) is 11.7. The Morgan fingerprint density at radius 3 is 2.87 bits per heavy atom. The van der Waals surface area contributed by atoms with Crippen LogP contribution < -0.4 is 9.64 Å². The number of fused-ring (bicyclic) bond motifs is 3. The maximum atomic E-state index is 12.0. The molecule has 1 aromatic heterocycles. The Balaban J connectivity index is 1.07. The van der Waals surface area contributed by atoms with Crippen LogP contribution in [-0.2, 0) is 21.3 Å². The van der Waals surface area contributed by atoms with E-state index in [0.29, 0.717) is 25.0 Å². The number of ether oxygens (including phenoxy) is 3. The van der Waals surface area contributed by atoms with Gasteiger partial charge in [0.25, 0.3) is 0 Å². The Morgan fingerprint density at radius 2 is 2.07 bits per heavy atom. The van der Waals surface area contributed by atoms with Crippen molar-refractivity contribution in [1.29, 1.82) is 0 Å². The Bertz CT molecular complexity index is 1550. The van der Waals surface area contributed by atoms with E-state index in [0.717, 1.165) is 85.4 Å². The maximum absolute atomic E-state index is 12.0. The largest absolute Gasteiger partial charge is 0.490 e. The minimum Gasteiger partial charge on any atom is -0.490 e. The van der Waals surface area contributed by atoms with Crippen molar-refractivity contribution >= 4 is 35.0 Å². The number of anilines is 1. The standard InChI is InChI=1S/C36H42ClN3O5S/c1-23(20-46-35-38-13-3-14-39-35)45-28-11-15-43-33(18-28)29-8-5-26(29)19-40-21-36(12-2-4-24-16-27(37)7-9-30(24)36)22-44-32-10-6-25(34(41)42)17-31(32)40/h3,6-7,9-10,13-14,16-17,23,26,28-29,33H,2,4-5,8,11-12,15,18-22H2,1H3,(H,41,42)/t23-,26+,28+,29-,33-,36?/m1/s1. The number of halogens is 1. The van der Waals surface area contributed by atoms with Gasteiger partial charge in [-0.15, -0.1) is 0 Å². The molecule has 2 aliphatic carbocycles. The van der Waals surface area contributed by atoms with Crippen LogP contribution in [0.3, 0.4) is 0 Å². The molecule has 7 rings (SSSR count). The Hall–Kier alpha value is -2.85. The monoisotopic (exact) mass is 663 g/mol. The van der Waals surface area contributed by atoms with E-state index in [9.17, 15) is 9.90 Å². The summed E-state index contributed by atoms with van der Waals surface area (Å²) >= 11 is 8.05. The minimum absolute atomic E-state index is 0.0937. The van der Waals surface area contributed by atoms with Gasteiger partial charge in [-0.1, -0.05) is 29.4 Å². The van der Waals surface area contributed by atoms with Gasteiger partial charge in [-0.3, -0.25) is 0 Å². The van der Waals surface area contributed by atoms with Crippen LogP contribution in [0.4, 0.5) is 5.69 Å². The van der Waals surface area contributed by atoms with E-state index in [1.807, 2.05) is 18.2 Å². The van der Waals surface area contributed by atoms with Gasteiger partial charge in [0.2, 0.25) is 0 Å². The zero-order valence-electron chi connectivity index (χ0n) is 26.3. The van der Waals surface area contributed by atoms with Crippen molar-refractivity contribution < 1.29 is 24.1 Å². The lowest BCUT2D eigenvalue weighted by Crippen LogP contribution is -2.51. The van der Waals surface area contributed by atoms with Gasteiger partial charge in [0.1, 0.15) is 5.75 Å². The molecule has 6 atom stereocenters. The molecule has 0 radical (unpaired) electrons. The van der Waals surface area contributed by atoms with Crippen LogP contribution in [0, 0.1) is 11.8 Å². The highest BCUT2D eigenvalue weighted by molar-refractivity contribution is 7.99. The lowest BCUT2D eigenvalue weighted by atomic mass is 9.67. The number of benzene rings is 2. The summed E-state index contributed by atoms with van der Waals surface area (Å²) in [6.45, 7) is 5.01. The number of hydrogen-bond acceptors (Lipinski definition) is 8. The molecular formula is C36H42ClN3O5S. The number of aromatic nitrogens is 2. The molecular weight excluding hydrogens is 622 g/mol. The first-order valence-electron chi connectivity index (χ1n) is 16.6. The number of aromatic carboxylic acids is 1. The molecule has 2 fully saturated rings. The number of carbonyl (C=O) groups is 1. The normalized spacial score (nSPS) is 27.9. The van der Waals surface area contributed by atoms with Gasteiger partial charge >= 0.3 is 5.97 Å². The molecule has 3 aromatic rings. The second-order valence-corrected chi connectivity index (χ2v) is 14.9. The average molecular weight is 664 g/mol. The first-order chi connectivity index (χ1) is 22.4. The van der Waals surface area contributed by atoms with Crippen molar-refractivity contribution in [2.24, 2.45) is 11.8 Å². The van der Waals surface area contributed by atoms with Crippen LogP contribution >= 0.6 is 23.4 Å². The second-order valence-electron chi connectivity index (χ2n) is 13.4. The minimum atomic E-state index is -0.925. The SMILES string of the molecule is C[C@H](CSc1ncccn1)O[C@H]1CCO[C@@H]([C@@H]2CC[C@H]2CN2CC3(CCCc4cc(Cl)ccc43)COc3ccc(C(=O)O)cc32)C1. The van der Waals surface area contributed by atoms with E-state index in [1.165, 1.54) is 11.1 Å². The molecule has 1 saturated carbocycles. The number of carboxylic acid groups (broad SMARTS) is 1. The van der Waals surface area contributed by atoms with E-state index >= 15 is 0 Å². The summed E-state index contributed by atoms with van der Waals surface area (Å²) in [5.74, 6) is 1.53. The van der Waals surface area contributed by atoms with Gasteiger partial charge in [-0.2, -0.15) is 0 Å². The summed E-state index contributed by atoms with van der Waals surface area (Å²) in [6.07, 6.45) is 11.1. The Kier molecular flexibility index (Phi) is 9.46. The van der Waals surface area contributed by atoms with Gasteiger partial charge in [0.05, 0.1) is 36.2 Å². The molecule has 4 aliphatic rings. The van der Waals surface area contributed by atoms with Crippen LogP contribution in [0.2, 0.25) is 5.02 Å². The Labute approximate surface area is 280 Å². The summed E-state index contributed by atoms with van der Waals surface area (Å²) in [5.41, 5.74) is 3.57. The molecule has 2 aliphatic heterocycles. The molecule has 1 unspecified atom stereocenters. The highest BCUT2D eigenvalue weighted by Gasteiger charge is 2.45. The summed E-state index contributed by atoms with van der Waals surface area (Å²) in [5, 5.41) is 11.4. The fourth-order valence-electron chi connectivity index (χ4n) is 7.98. The van der Waals surface area contributed by atoms with E-state index < -0.39 is 5.97 Å². The number of thioether (sulfide) groups is 1. The van der Waals surface area contributed by atoms with Gasteiger partial charge in [-0.05, 0) is 105 Å². The molecule has 244 valence electrons. The van der Waals surface area contributed by atoms with Crippen LogP contribution in [0.25, 0.3) is 0 Å². The first-order valence-corrected chi connectivity index (χ1v) is 17.9. The van der Waals surface area contributed by atoms with E-state index in [1.54, 1.807) is 36.3 Å². The lowest BCUT2D eigenvalue weighted by Gasteiger charge is -2.48. The molecule has 1 saturated heterocycles. The van der Waals surface area contributed by atoms with Gasteiger partial charge in [0.15, 0.2) is 5.16 Å². The lowest BCUT2D eigenvalue weighted by molar-refractivity contribution is -0.126. The molecule has 3 heterocycles. The summed E-state index contributed by atoms with van der Waals surface area (Å²) in [7, 11) is 0. The smallest absolute Gasteiger partial charge is 0.335 e. The average Bonchev–Trinajstić information content (AvgIpc) is 3.19. The fraction of sp³-hybridized carbons (Fsp3) is 0.528. The highest BCUT2D eigenvalue weighted by atomic mass is 35.5. The maximum Gasteiger partial charge on any atom is 0.335 e. The van der Waals surface area contributed by atoms with Crippen molar-refractivity contribution in [3.63, 3.8) is 0 Å². The summed E-state index contributed by atoms with van der Waals surface area (Å²) < 4.78 is 19.5. The summed E-state index contributed by atoms with van der Waals surface area (Å²) in [6, 6.07) is 13.4. The molecule has 2 aromatic carbocycles. The van der Waals surface area contributed by atoms with Gasteiger partial charge in [-0.25, -0.2) is 14.8 Å². The zero-order valence-corrected chi connectivity index (χ0v) is 27.8. The van der Waals surface area contributed by atoms with Gasteiger partial charge in [0, 0.05) is 54.7 Å². The van der Waals surface area contributed by atoms with E-state index in [4.69, 9.17) is 25.8 Å². The molecule has 46 heavy (non-hydrogen) atoms. The number of aryl methyl sites for hydroxylation is 1. The zero-order chi connectivity index (χ0) is 31.7. The second kappa shape index (κ2) is 13.7. The van der Waals surface area contributed by atoms with E-state index in [2.05, 4.69) is 33.9 Å². The van der Waals surface area contributed by atoms with Crippen LogP contribution in [-0.4, -0.2) is 71.4 Å². The van der Waals surface area contributed by atoms with Crippen LogP contribution in [0.1, 0.15) is 66.9 Å². The summed E-state index contributed by atoms with van der Waals surface area (Å²) in [4.78, 5) is 23.1. The van der Waals surface area contributed by atoms with Crippen molar-refractivity contribution in [2.75, 3.05) is 37.0 Å². The topological polar surface area (TPSA) is 94.0 Å². The fourth-order valence-corrected chi connectivity index (χ4v) is 8.91. The predicted molar refractivity (Wildman–Crippen MR) is 179 cm³/mol. The van der Waals surface area contributed by atoms with Crippen molar-refractivity contribution in [3.8, 4) is 5.75 Å². The molecule has 1 spiro atoms. The van der Waals surface area contributed by atoms with Crippen molar-refractivity contribution in [2.45, 2.75) is 80.8 Å². The first kappa shape index (κ1) is 31.7. The molecule has 0 amide bonds. The van der Waals surface area contributed by atoms with Crippen LogP contribution in [0.5, 0.6) is 5.75 Å². The third kappa shape index (κ3) is 6.75.